The Morgan fingerprint density at radius 1 is 0.875 bits per heavy atom. The number of likely N-dealkylation sites (tertiary alicyclic amines) is 1. The van der Waals surface area contributed by atoms with Crippen molar-refractivity contribution in [2.75, 3.05) is 40.5 Å². The van der Waals surface area contributed by atoms with Gasteiger partial charge in [0.1, 0.15) is 18.5 Å². The molecule has 0 amide bonds. The minimum Gasteiger partial charge on any atom is -0.497 e. The van der Waals surface area contributed by atoms with Crippen LogP contribution in [0, 0.1) is 0 Å². The first-order valence-electron chi connectivity index (χ1n) is 11.7. The predicted molar refractivity (Wildman–Crippen MR) is 128 cm³/mol. The Morgan fingerprint density at radius 3 is 2.31 bits per heavy atom. The number of ether oxygens (including phenoxy) is 3. The number of benzene rings is 2. The molecular weight excluding hydrogens is 404 g/mol. The number of nitrogens with zero attached hydrogens (tertiary/aromatic N) is 1. The fourth-order valence-electron chi connectivity index (χ4n) is 4.11. The van der Waals surface area contributed by atoms with Crippen LogP contribution in [0.4, 0.5) is 0 Å². The summed E-state index contributed by atoms with van der Waals surface area (Å²) in [6.45, 7) is 4.49. The predicted octanol–water partition coefficient (Wildman–Crippen LogP) is 4.00. The first-order chi connectivity index (χ1) is 15.7. The smallest absolute Gasteiger partial charge is 0.161 e. The van der Waals surface area contributed by atoms with Gasteiger partial charge in [0.25, 0.3) is 0 Å². The van der Waals surface area contributed by atoms with E-state index in [1.165, 1.54) is 37.7 Å². The molecule has 0 aromatic heterocycles. The quantitative estimate of drug-likeness (QED) is 0.549. The van der Waals surface area contributed by atoms with E-state index in [9.17, 15) is 5.11 Å². The summed E-state index contributed by atoms with van der Waals surface area (Å²) in [5, 5.41) is 14.0. The molecule has 1 fully saturated rings. The molecule has 0 radical (unpaired) electrons. The van der Waals surface area contributed by atoms with Crippen LogP contribution in [0.2, 0.25) is 0 Å². The number of nitrogens with one attached hydrogen (secondary N) is 1. The van der Waals surface area contributed by atoms with Crippen LogP contribution in [-0.2, 0) is 13.1 Å². The molecule has 0 unspecified atom stereocenters. The Balaban J connectivity index is 1.50. The van der Waals surface area contributed by atoms with E-state index in [4.69, 9.17) is 14.2 Å². The lowest BCUT2D eigenvalue weighted by Crippen LogP contribution is -2.37. The molecule has 2 aromatic carbocycles. The minimum atomic E-state index is -0.519. The molecule has 32 heavy (non-hydrogen) atoms. The maximum absolute atomic E-state index is 10.5. The van der Waals surface area contributed by atoms with Crippen molar-refractivity contribution in [3.8, 4) is 17.2 Å². The summed E-state index contributed by atoms with van der Waals surface area (Å²) < 4.78 is 16.7. The van der Waals surface area contributed by atoms with Crippen molar-refractivity contribution in [1.29, 1.82) is 0 Å². The number of aliphatic hydroxyl groups is 1. The summed E-state index contributed by atoms with van der Waals surface area (Å²) in [5.41, 5.74) is 2.27. The Kier molecular flexibility index (Phi) is 10.1. The zero-order valence-electron chi connectivity index (χ0n) is 19.5. The molecule has 1 heterocycles. The number of hydrogen-bond acceptors (Lipinski definition) is 6. The topological polar surface area (TPSA) is 63.2 Å². The third-order valence-corrected chi connectivity index (χ3v) is 5.87. The molecule has 0 bridgehead atoms. The lowest BCUT2D eigenvalue weighted by molar-refractivity contribution is 0.0644. The van der Waals surface area contributed by atoms with Gasteiger partial charge in [-0.25, -0.2) is 0 Å². The highest BCUT2D eigenvalue weighted by atomic mass is 16.5. The van der Waals surface area contributed by atoms with Crippen molar-refractivity contribution in [3.63, 3.8) is 0 Å². The van der Waals surface area contributed by atoms with Crippen LogP contribution < -0.4 is 19.5 Å². The van der Waals surface area contributed by atoms with Gasteiger partial charge in [-0.15, -0.1) is 0 Å². The van der Waals surface area contributed by atoms with Crippen molar-refractivity contribution in [2.24, 2.45) is 0 Å². The van der Waals surface area contributed by atoms with E-state index in [1.807, 2.05) is 36.4 Å². The highest BCUT2D eigenvalue weighted by molar-refractivity contribution is 5.43. The summed E-state index contributed by atoms with van der Waals surface area (Å²) in [5.74, 6) is 2.21. The largest absolute Gasteiger partial charge is 0.497 e. The molecule has 0 aliphatic carbocycles. The van der Waals surface area contributed by atoms with Gasteiger partial charge in [-0.1, -0.05) is 37.5 Å². The normalized spacial score (nSPS) is 16.1. The fourth-order valence-corrected chi connectivity index (χ4v) is 4.11. The average molecular weight is 443 g/mol. The monoisotopic (exact) mass is 442 g/mol. The Hall–Kier alpha value is -2.28. The summed E-state index contributed by atoms with van der Waals surface area (Å²) in [7, 11) is 3.32. The van der Waals surface area contributed by atoms with Crippen molar-refractivity contribution in [3.05, 3.63) is 53.6 Å². The third kappa shape index (κ3) is 8.01. The molecule has 1 aliphatic heterocycles. The van der Waals surface area contributed by atoms with E-state index in [0.717, 1.165) is 30.9 Å². The summed E-state index contributed by atoms with van der Waals surface area (Å²) in [6.07, 6.45) is 5.83. The highest BCUT2D eigenvalue weighted by Crippen LogP contribution is 2.28. The summed E-state index contributed by atoms with van der Waals surface area (Å²) in [4.78, 5) is 2.36. The van der Waals surface area contributed by atoms with Crippen molar-refractivity contribution in [1.82, 2.24) is 10.2 Å². The number of aliphatic hydroxyl groups excluding tert-OH is 1. The van der Waals surface area contributed by atoms with E-state index in [0.29, 0.717) is 24.6 Å². The molecule has 1 atom stereocenters. The number of rotatable bonds is 11. The van der Waals surface area contributed by atoms with E-state index in [-0.39, 0.29) is 6.61 Å². The lowest BCUT2D eigenvalue weighted by Gasteiger charge is -2.26. The van der Waals surface area contributed by atoms with Crippen molar-refractivity contribution >= 4 is 0 Å². The first-order valence-corrected chi connectivity index (χ1v) is 11.7. The van der Waals surface area contributed by atoms with E-state index in [1.54, 1.807) is 14.2 Å². The van der Waals surface area contributed by atoms with Gasteiger partial charge < -0.3 is 29.5 Å². The number of β-amino-alcohol motifs (C(OH)–C–C–N with tert-alkyl or cyclic N) is 1. The van der Waals surface area contributed by atoms with E-state index >= 15 is 0 Å². The molecule has 2 N–H and O–H groups in total. The maximum atomic E-state index is 10.5. The van der Waals surface area contributed by atoms with Crippen LogP contribution in [0.15, 0.2) is 42.5 Å². The van der Waals surface area contributed by atoms with Gasteiger partial charge in [0, 0.05) is 19.6 Å². The molecule has 1 saturated heterocycles. The second-order valence-electron chi connectivity index (χ2n) is 8.47. The van der Waals surface area contributed by atoms with E-state index < -0.39 is 6.10 Å². The second kappa shape index (κ2) is 13.3. The zero-order chi connectivity index (χ0) is 22.6. The highest BCUT2D eigenvalue weighted by Gasteiger charge is 2.15. The van der Waals surface area contributed by atoms with Crippen LogP contribution in [0.1, 0.15) is 43.2 Å². The third-order valence-electron chi connectivity index (χ3n) is 5.87. The van der Waals surface area contributed by atoms with Gasteiger partial charge in [0.15, 0.2) is 11.5 Å². The molecule has 0 saturated carbocycles. The molecule has 3 rings (SSSR count). The maximum Gasteiger partial charge on any atom is 0.161 e. The Labute approximate surface area is 192 Å². The molecule has 6 nitrogen and oxygen atoms in total. The van der Waals surface area contributed by atoms with E-state index in [2.05, 4.69) is 16.3 Å². The van der Waals surface area contributed by atoms with Crippen LogP contribution in [-0.4, -0.2) is 56.6 Å². The van der Waals surface area contributed by atoms with Gasteiger partial charge in [-0.2, -0.15) is 0 Å². The molecule has 1 aliphatic rings. The minimum absolute atomic E-state index is 0.257. The van der Waals surface area contributed by atoms with Crippen LogP contribution in [0.25, 0.3) is 0 Å². The van der Waals surface area contributed by atoms with Gasteiger partial charge in [-0.3, -0.25) is 0 Å². The first kappa shape index (κ1) is 24.4. The van der Waals surface area contributed by atoms with Crippen LogP contribution >= 0.6 is 0 Å². The van der Waals surface area contributed by atoms with Crippen molar-refractivity contribution < 1.29 is 19.3 Å². The number of hydrogen-bond donors (Lipinski definition) is 2. The standard InChI is InChI=1S/C26H38N2O4/c1-30-24-10-8-9-21(15-24)17-27-18-22-11-12-25(31-2)26(16-22)32-20-23(29)19-28-13-6-4-3-5-7-14-28/h8-12,15-16,23,27,29H,3-7,13-14,17-20H2,1-2H3/t23-/m1/s1. The summed E-state index contributed by atoms with van der Waals surface area (Å²) >= 11 is 0. The average Bonchev–Trinajstić information content (AvgIpc) is 2.79. The fraction of sp³-hybridized carbons (Fsp3) is 0.538. The lowest BCUT2D eigenvalue weighted by atomic mass is 10.1. The van der Waals surface area contributed by atoms with Gasteiger partial charge >= 0.3 is 0 Å². The van der Waals surface area contributed by atoms with Gasteiger partial charge in [0.05, 0.1) is 14.2 Å². The molecule has 6 heteroatoms. The van der Waals surface area contributed by atoms with Crippen molar-refractivity contribution in [2.45, 2.75) is 51.3 Å². The van der Waals surface area contributed by atoms with Gasteiger partial charge in [0.2, 0.25) is 0 Å². The SMILES string of the molecule is COc1cccc(CNCc2ccc(OC)c(OC[C@H](O)CN3CCCCCCC3)c2)c1. The Morgan fingerprint density at radius 2 is 1.59 bits per heavy atom. The molecule has 0 spiro atoms. The zero-order valence-corrected chi connectivity index (χ0v) is 19.5. The van der Waals surface area contributed by atoms with Gasteiger partial charge in [-0.05, 0) is 61.3 Å². The summed E-state index contributed by atoms with van der Waals surface area (Å²) in [6, 6.07) is 14.0. The van der Waals surface area contributed by atoms with Crippen LogP contribution in [0.5, 0.6) is 17.2 Å². The molecular formula is C26H38N2O4. The van der Waals surface area contributed by atoms with Crippen LogP contribution in [0.3, 0.4) is 0 Å². The number of methoxy groups -OCH3 is 2. The second-order valence-corrected chi connectivity index (χ2v) is 8.47. The molecule has 2 aromatic rings. The Bertz CT molecular complexity index is 806. The molecule has 176 valence electrons.